The van der Waals surface area contributed by atoms with Gasteiger partial charge in [0.15, 0.2) is 28.9 Å². The first kappa shape index (κ1) is 21.2. The Hall–Kier alpha value is -3.99. The van der Waals surface area contributed by atoms with Gasteiger partial charge in [0.05, 0.1) is 11.3 Å². The van der Waals surface area contributed by atoms with Crippen molar-refractivity contribution < 1.29 is 36.2 Å². The molecule has 0 fully saturated rings. The van der Waals surface area contributed by atoms with Crippen LogP contribution in [0.2, 0.25) is 0 Å². The van der Waals surface area contributed by atoms with E-state index in [2.05, 4.69) is 14.1 Å². The third-order valence-electron chi connectivity index (χ3n) is 4.39. The van der Waals surface area contributed by atoms with Gasteiger partial charge in [0.25, 0.3) is 0 Å². The Morgan fingerprint density at radius 3 is 2.56 bits per heavy atom. The number of fused-ring (bicyclic) bond motifs is 1. The molecule has 2 aromatic carbocycles. The van der Waals surface area contributed by atoms with Gasteiger partial charge in [-0.3, -0.25) is 0 Å². The largest absolute Gasteiger partial charge is 0.504 e. The van der Waals surface area contributed by atoms with E-state index >= 15 is 0 Å². The third kappa shape index (κ3) is 4.10. The summed E-state index contributed by atoms with van der Waals surface area (Å²) in [5.74, 6) is -1.49. The van der Waals surface area contributed by atoms with E-state index in [1.54, 1.807) is 6.07 Å². The van der Waals surface area contributed by atoms with Gasteiger partial charge in [-0.2, -0.15) is 26.9 Å². The lowest BCUT2D eigenvalue weighted by molar-refractivity contribution is -0.153. The van der Waals surface area contributed by atoms with E-state index in [1.807, 2.05) is 5.32 Å². The summed E-state index contributed by atoms with van der Waals surface area (Å²) in [5, 5.41) is 23.5. The highest BCUT2D eigenvalue weighted by molar-refractivity contribution is 7.89. The molecule has 1 atom stereocenters. The maximum Gasteiger partial charge on any atom is 0.412 e. The van der Waals surface area contributed by atoms with E-state index in [0.717, 1.165) is 12.1 Å². The molecule has 0 saturated heterocycles. The van der Waals surface area contributed by atoms with Gasteiger partial charge in [0, 0.05) is 0 Å². The van der Waals surface area contributed by atoms with Crippen molar-refractivity contribution in [3.63, 3.8) is 0 Å². The molecule has 2 aromatic rings. The molecule has 2 aliphatic rings. The number of benzene rings is 2. The fourth-order valence-electron chi connectivity index (χ4n) is 2.96. The Kier molecular flexibility index (Phi) is 5.05. The van der Waals surface area contributed by atoms with Gasteiger partial charge in [-0.15, -0.1) is 8.80 Å². The Balaban J connectivity index is 1.67. The summed E-state index contributed by atoms with van der Waals surface area (Å²) in [4.78, 5) is 0. The van der Waals surface area contributed by atoms with Gasteiger partial charge in [0.1, 0.15) is 12.1 Å². The molecule has 2 aliphatic heterocycles. The molecule has 166 valence electrons. The topological polar surface area (TPSA) is 145 Å². The molecule has 0 bridgehead atoms. The molecule has 4 rings (SSSR count). The van der Waals surface area contributed by atoms with Crippen LogP contribution in [0, 0.1) is 11.3 Å². The highest BCUT2D eigenvalue weighted by atomic mass is 32.2. The Morgan fingerprint density at radius 1 is 1.12 bits per heavy atom. The summed E-state index contributed by atoms with van der Waals surface area (Å²) >= 11 is 0. The minimum Gasteiger partial charge on any atom is -0.504 e. The quantitative estimate of drug-likeness (QED) is 0.584. The van der Waals surface area contributed by atoms with Gasteiger partial charge in [-0.25, -0.2) is 0 Å². The summed E-state index contributed by atoms with van der Waals surface area (Å²) in [6, 6.07) is 6.84. The molecule has 0 spiro atoms. The number of anilines is 1. The molecule has 0 radical (unpaired) electrons. The van der Waals surface area contributed by atoms with Crippen molar-refractivity contribution in [2.45, 2.75) is 12.2 Å². The zero-order chi connectivity index (χ0) is 23.1. The highest BCUT2D eigenvalue weighted by Gasteiger charge is 2.43. The van der Waals surface area contributed by atoms with E-state index in [9.17, 15) is 26.7 Å². The SMILES string of the molecule is N#Cc1cccc(NC2=NS(=O)(=O)N=C2NC(c2ccc3c(c2)OCO3)C(F)(F)F)c1O. The first-order chi connectivity index (χ1) is 15.1. The fraction of sp³-hybridized carbons (Fsp3) is 0.167. The number of ether oxygens (including phenoxy) is 2. The third-order valence-corrected chi connectivity index (χ3v) is 5.21. The van der Waals surface area contributed by atoms with Crippen molar-refractivity contribution in [2.75, 3.05) is 12.1 Å². The predicted octanol–water partition coefficient (Wildman–Crippen LogP) is 2.35. The lowest BCUT2D eigenvalue weighted by atomic mass is 10.1. The molecule has 2 heterocycles. The second-order valence-electron chi connectivity index (χ2n) is 6.50. The Labute approximate surface area is 178 Å². The number of rotatable bonds is 3. The number of nitriles is 1. The van der Waals surface area contributed by atoms with Gasteiger partial charge in [0.2, 0.25) is 6.79 Å². The maximum atomic E-state index is 13.8. The summed E-state index contributed by atoms with van der Waals surface area (Å²) in [6.45, 7) is -0.139. The Bertz CT molecular complexity index is 1300. The van der Waals surface area contributed by atoms with Gasteiger partial charge in [-0.1, -0.05) is 12.1 Å². The maximum absolute atomic E-state index is 13.8. The van der Waals surface area contributed by atoms with E-state index < -0.39 is 39.8 Å². The number of phenols is 1. The van der Waals surface area contributed by atoms with Crippen LogP contribution in [-0.2, 0) is 10.2 Å². The van der Waals surface area contributed by atoms with Crippen LogP contribution in [-0.4, -0.2) is 38.2 Å². The number of hydrogen-bond donors (Lipinski definition) is 3. The van der Waals surface area contributed by atoms with Crippen molar-refractivity contribution in [3.05, 3.63) is 47.5 Å². The average Bonchev–Trinajstić information content (AvgIpc) is 3.29. The van der Waals surface area contributed by atoms with Crippen molar-refractivity contribution >= 4 is 27.6 Å². The second kappa shape index (κ2) is 7.61. The number of phenolic OH excluding ortho intramolecular Hbond substituents is 1. The van der Waals surface area contributed by atoms with Crippen LogP contribution in [0.15, 0.2) is 45.2 Å². The van der Waals surface area contributed by atoms with Gasteiger partial charge >= 0.3 is 16.4 Å². The van der Waals surface area contributed by atoms with E-state index in [1.165, 1.54) is 24.3 Å². The summed E-state index contributed by atoms with van der Waals surface area (Å²) in [5.41, 5.74) is -0.583. The normalized spacial score (nSPS) is 17.2. The minimum absolute atomic E-state index is 0.102. The van der Waals surface area contributed by atoms with E-state index in [4.69, 9.17) is 14.7 Å². The molecular formula is C18H12F3N5O5S. The van der Waals surface area contributed by atoms with Crippen molar-refractivity contribution in [2.24, 2.45) is 8.80 Å². The van der Waals surface area contributed by atoms with Crippen LogP contribution in [0.1, 0.15) is 17.2 Å². The van der Waals surface area contributed by atoms with Crippen LogP contribution in [0.5, 0.6) is 17.2 Å². The van der Waals surface area contributed by atoms with Crippen LogP contribution in [0.4, 0.5) is 18.9 Å². The predicted molar refractivity (Wildman–Crippen MR) is 105 cm³/mol. The van der Waals surface area contributed by atoms with E-state index in [0.29, 0.717) is 0 Å². The lowest BCUT2D eigenvalue weighted by Crippen LogP contribution is -2.42. The van der Waals surface area contributed by atoms with Crippen molar-refractivity contribution in [3.8, 4) is 23.3 Å². The highest BCUT2D eigenvalue weighted by Crippen LogP contribution is 2.39. The number of hydrogen-bond acceptors (Lipinski definition) is 8. The zero-order valence-corrected chi connectivity index (χ0v) is 16.5. The minimum atomic E-state index is -4.86. The molecule has 1 unspecified atom stereocenters. The zero-order valence-electron chi connectivity index (χ0n) is 15.7. The molecule has 0 aliphatic carbocycles. The molecule has 32 heavy (non-hydrogen) atoms. The number of alkyl halides is 3. The number of nitrogens with zero attached hydrogens (tertiary/aromatic N) is 3. The fourth-order valence-corrected chi connectivity index (χ4v) is 3.73. The summed E-state index contributed by atoms with van der Waals surface area (Å²) in [7, 11) is -4.48. The van der Waals surface area contributed by atoms with Crippen LogP contribution in [0.3, 0.4) is 0 Å². The van der Waals surface area contributed by atoms with Gasteiger partial charge < -0.3 is 25.2 Å². The lowest BCUT2D eigenvalue weighted by Gasteiger charge is -2.23. The Morgan fingerprint density at radius 2 is 1.84 bits per heavy atom. The molecule has 0 amide bonds. The second-order valence-corrected chi connectivity index (χ2v) is 7.76. The standard InChI is InChI=1S/C18H12F3N5O5S/c19-18(20,21)15(9-4-5-12-13(6-9)31-8-30-12)24-17-16(25-32(28,29)26-17)23-11-3-1-2-10(7-22)14(11)27/h1-6,15,27H,8H2,(H,23,25)(H,24,26). The molecule has 0 aromatic heterocycles. The first-order valence-corrected chi connectivity index (χ1v) is 10.1. The van der Waals surface area contributed by atoms with E-state index in [-0.39, 0.29) is 35.1 Å². The monoisotopic (exact) mass is 467 g/mol. The smallest absolute Gasteiger partial charge is 0.412 e. The molecule has 3 N–H and O–H groups in total. The number of halogens is 3. The first-order valence-electron chi connectivity index (χ1n) is 8.74. The average molecular weight is 467 g/mol. The molecule has 14 heteroatoms. The van der Waals surface area contributed by atoms with Crippen molar-refractivity contribution in [1.82, 2.24) is 5.32 Å². The number of para-hydroxylation sites is 1. The number of amidine groups is 2. The summed E-state index contributed by atoms with van der Waals surface area (Å²) < 4.78 is 82.0. The van der Waals surface area contributed by atoms with Gasteiger partial charge in [-0.05, 0) is 29.8 Å². The van der Waals surface area contributed by atoms with Crippen LogP contribution in [0.25, 0.3) is 0 Å². The molecule has 0 saturated carbocycles. The van der Waals surface area contributed by atoms with Crippen LogP contribution >= 0.6 is 0 Å². The van der Waals surface area contributed by atoms with Crippen LogP contribution < -0.4 is 20.1 Å². The molecular weight excluding hydrogens is 455 g/mol. The number of aromatic hydroxyl groups is 1. The number of nitrogens with one attached hydrogen (secondary N) is 2. The molecule has 10 nitrogen and oxygen atoms in total. The summed E-state index contributed by atoms with van der Waals surface area (Å²) in [6.07, 6.45) is -4.86. The van der Waals surface area contributed by atoms with Crippen molar-refractivity contribution in [1.29, 1.82) is 5.26 Å².